The Balaban J connectivity index is 1.41. The van der Waals surface area contributed by atoms with Crippen molar-refractivity contribution < 1.29 is 27.5 Å². The van der Waals surface area contributed by atoms with Gasteiger partial charge in [0.2, 0.25) is 10.0 Å². The zero-order chi connectivity index (χ0) is 22.3. The van der Waals surface area contributed by atoms with Gasteiger partial charge < -0.3 is 9.64 Å². The zero-order valence-corrected chi connectivity index (χ0v) is 17.8. The number of Topliss-reactive ketones (excluding diaryl/α,β-unsaturated/α-hetero) is 1. The largest absolute Gasteiger partial charge is 0.456 e. The fraction of sp³-hybridized carbons (Fsp3) is 0.318. The molecule has 0 atom stereocenters. The van der Waals surface area contributed by atoms with E-state index in [4.69, 9.17) is 4.74 Å². The van der Waals surface area contributed by atoms with Crippen molar-refractivity contribution in [3.8, 4) is 0 Å². The van der Waals surface area contributed by atoms with Crippen molar-refractivity contribution in [1.82, 2.24) is 9.21 Å². The first-order chi connectivity index (χ1) is 14.9. The standard InChI is InChI=1S/C22H24N2O6S/c25-20(18-7-3-1-4-8-18)11-12-22(27)30-17-21(26)23-13-15-24(16-14-23)31(28,29)19-9-5-2-6-10-19/h1-10H,11-17H2. The van der Waals surface area contributed by atoms with E-state index in [1.54, 1.807) is 48.5 Å². The van der Waals surface area contributed by atoms with Crippen LogP contribution in [0.5, 0.6) is 0 Å². The first kappa shape index (κ1) is 22.6. The molecule has 0 N–H and O–H groups in total. The van der Waals surface area contributed by atoms with Crippen LogP contribution in [0.3, 0.4) is 0 Å². The van der Waals surface area contributed by atoms with E-state index in [-0.39, 0.29) is 55.6 Å². The van der Waals surface area contributed by atoms with Crippen LogP contribution in [0, 0.1) is 0 Å². The van der Waals surface area contributed by atoms with Crippen molar-refractivity contribution in [2.75, 3.05) is 32.8 Å². The summed E-state index contributed by atoms with van der Waals surface area (Å²) in [5.41, 5.74) is 0.523. The second-order valence-corrected chi connectivity index (χ2v) is 8.99. The van der Waals surface area contributed by atoms with Gasteiger partial charge in [-0.3, -0.25) is 14.4 Å². The number of amides is 1. The Hall–Kier alpha value is -3.04. The average Bonchev–Trinajstić information content (AvgIpc) is 2.82. The van der Waals surface area contributed by atoms with E-state index in [1.165, 1.54) is 21.3 Å². The van der Waals surface area contributed by atoms with Gasteiger partial charge in [0, 0.05) is 38.2 Å². The summed E-state index contributed by atoms with van der Waals surface area (Å²) in [4.78, 5) is 37.9. The van der Waals surface area contributed by atoms with Crippen molar-refractivity contribution >= 4 is 27.7 Å². The molecule has 2 aromatic rings. The van der Waals surface area contributed by atoms with Crippen LogP contribution in [0.1, 0.15) is 23.2 Å². The third-order valence-electron chi connectivity index (χ3n) is 4.98. The molecular formula is C22H24N2O6S. The maximum absolute atomic E-state index is 12.6. The minimum Gasteiger partial charge on any atom is -0.456 e. The van der Waals surface area contributed by atoms with Crippen molar-refractivity contribution in [3.63, 3.8) is 0 Å². The Morgan fingerprint density at radius 3 is 2.00 bits per heavy atom. The summed E-state index contributed by atoms with van der Waals surface area (Å²) in [5, 5.41) is 0. The van der Waals surface area contributed by atoms with Crippen LogP contribution in [0.15, 0.2) is 65.6 Å². The van der Waals surface area contributed by atoms with Gasteiger partial charge in [-0.2, -0.15) is 4.31 Å². The molecule has 3 rings (SSSR count). The summed E-state index contributed by atoms with van der Waals surface area (Å²) in [5.74, 6) is -1.18. The lowest BCUT2D eigenvalue weighted by Crippen LogP contribution is -2.51. The highest BCUT2D eigenvalue weighted by molar-refractivity contribution is 7.89. The van der Waals surface area contributed by atoms with Crippen LogP contribution in [0.2, 0.25) is 0 Å². The molecule has 9 heteroatoms. The van der Waals surface area contributed by atoms with Gasteiger partial charge in [0.15, 0.2) is 12.4 Å². The van der Waals surface area contributed by atoms with Crippen LogP contribution in [0.25, 0.3) is 0 Å². The van der Waals surface area contributed by atoms with Gasteiger partial charge in [0.25, 0.3) is 5.91 Å². The molecule has 0 aromatic heterocycles. The predicted molar refractivity (Wildman–Crippen MR) is 113 cm³/mol. The molecule has 164 valence electrons. The number of sulfonamides is 1. The lowest BCUT2D eigenvalue weighted by molar-refractivity contribution is -0.152. The van der Waals surface area contributed by atoms with E-state index >= 15 is 0 Å². The average molecular weight is 445 g/mol. The summed E-state index contributed by atoms with van der Waals surface area (Å²) in [6.07, 6.45) is -0.100. The molecule has 0 saturated carbocycles. The molecule has 0 aliphatic carbocycles. The molecule has 1 aliphatic rings. The number of hydrogen-bond donors (Lipinski definition) is 0. The lowest BCUT2D eigenvalue weighted by atomic mass is 10.1. The van der Waals surface area contributed by atoms with E-state index in [0.717, 1.165) is 0 Å². The number of ketones is 1. The fourth-order valence-corrected chi connectivity index (χ4v) is 4.65. The van der Waals surface area contributed by atoms with Crippen LogP contribution in [-0.2, 0) is 24.3 Å². The Morgan fingerprint density at radius 1 is 0.806 bits per heavy atom. The molecule has 2 aromatic carbocycles. The highest BCUT2D eigenvalue weighted by Crippen LogP contribution is 2.17. The van der Waals surface area contributed by atoms with Gasteiger partial charge in [0.05, 0.1) is 11.3 Å². The van der Waals surface area contributed by atoms with Gasteiger partial charge in [0.1, 0.15) is 0 Å². The lowest BCUT2D eigenvalue weighted by Gasteiger charge is -2.33. The molecule has 1 amide bonds. The maximum Gasteiger partial charge on any atom is 0.306 e. The van der Waals surface area contributed by atoms with Crippen molar-refractivity contribution in [2.45, 2.75) is 17.7 Å². The summed E-state index contributed by atoms with van der Waals surface area (Å²) < 4.78 is 31.6. The van der Waals surface area contributed by atoms with E-state index in [1.807, 2.05) is 0 Å². The van der Waals surface area contributed by atoms with Crippen molar-refractivity contribution in [1.29, 1.82) is 0 Å². The van der Waals surface area contributed by atoms with Gasteiger partial charge >= 0.3 is 5.97 Å². The maximum atomic E-state index is 12.6. The molecule has 1 aliphatic heterocycles. The number of hydrogen-bond acceptors (Lipinski definition) is 6. The first-order valence-corrected chi connectivity index (χ1v) is 11.4. The minimum atomic E-state index is -3.60. The van der Waals surface area contributed by atoms with Gasteiger partial charge in [-0.15, -0.1) is 0 Å². The quantitative estimate of drug-likeness (QED) is 0.454. The van der Waals surface area contributed by atoms with E-state index < -0.39 is 22.6 Å². The normalized spacial score (nSPS) is 14.8. The molecule has 0 radical (unpaired) electrons. The third-order valence-corrected chi connectivity index (χ3v) is 6.89. The van der Waals surface area contributed by atoms with Gasteiger partial charge in [-0.1, -0.05) is 48.5 Å². The number of benzene rings is 2. The summed E-state index contributed by atoms with van der Waals surface area (Å²) in [7, 11) is -3.60. The molecule has 1 fully saturated rings. The number of ether oxygens (including phenoxy) is 1. The number of esters is 1. The second-order valence-electron chi connectivity index (χ2n) is 7.05. The van der Waals surface area contributed by atoms with Crippen LogP contribution >= 0.6 is 0 Å². The SMILES string of the molecule is O=C(CCC(=O)c1ccccc1)OCC(=O)N1CCN(S(=O)(=O)c2ccccc2)CC1. The monoisotopic (exact) mass is 444 g/mol. The number of nitrogens with zero attached hydrogens (tertiary/aromatic N) is 2. The Morgan fingerprint density at radius 2 is 1.39 bits per heavy atom. The van der Waals surface area contributed by atoms with E-state index in [9.17, 15) is 22.8 Å². The number of carbonyl (C=O) groups is 3. The van der Waals surface area contributed by atoms with E-state index in [0.29, 0.717) is 5.56 Å². The molecule has 31 heavy (non-hydrogen) atoms. The first-order valence-electron chi connectivity index (χ1n) is 9.95. The van der Waals surface area contributed by atoms with Crippen molar-refractivity contribution in [2.24, 2.45) is 0 Å². The molecule has 8 nitrogen and oxygen atoms in total. The second kappa shape index (κ2) is 10.3. The number of rotatable bonds is 8. The van der Waals surface area contributed by atoms with Gasteiger partial charge in [-0.25, -0.2) is 8.42 Å². The number of carbonyl (C=O) groups excluding carboxylic acids is 3. The summed E-state index contributed by atoms with van der Waals surface area (Å²) in [6, 6.07) is 16.8. The third kappa shape index (κ3) is 5.99. The highest BCUT2D eigenvalue weighted by atomic mass is 32.2. The topological polar surface area (TPSA) is 101 Å². The fourth-order valence-electron chi connectivity index (χ4n) is 3.21. The van der Waals surface area contributed by atoms with Crippen LogP contribution in [-0.4, -0.2) is 68.1 Å². The summed E-state index contributed by atoms with van der Waals surface area (Å²) in [6.45, 7) is 0.346. The predicted octanol–water partition coefficient (Wildman–Crippen LogP) is 1.73. The zero-order valence-electron chi connectivity index (χ0n) is 17.0. The van der Waals surface area contributed by atoms with Crippen molar-refractivity contribution in [3.05, 3.63) is 66.2 Å². The Kier molecular flexibility index (Phi) is 7.54. The molecule has 0 bridgehead atoms. The molecule has 1 heterocycles. The van der Waals surface area contributed by atoms with Crippen LogP contribution in [0.4, 0.5) is 0 Å². The molecule has 0 unspecified atom stereocenters. The number of piperazine rings is 1. The van der Waals surface area contributed by atoms with Gasteiger partial charge in [-0.05, 0) is 12.1 Å². The smallest absolute Gasteiger partial charge is 0.306 e. The minimum absolute atomic E-state index is 0.00700. The van der Waals surface area contributed by atoms with E-state index in [2.05, 4.69) is 0 Å². The molecule has 1 saturated heterocycles. The van der Waals surface area contributed by atoms with Crippen LogP contribution < -0.4 is 0 Å². The molecule has 0 spiro atoms. The summed E-state index contributed by atoms with van der Waals surface area (Å²) >= 11 is 0. The molecular weight excluding hydrogens is 420 g/mol. The Bertz CT molecular complexity index is 1020. The highest BCUT2D eigenvalue weighted by Gasteiger charge is 2.30. The Labute approximate surface area is 181 Å².